The van der Waals surface area contributed by atoms with E-state index in [1.54, 1.807) is 0 Å². The molecule has 0 saturated carbocycles. The van der Waals surface area contributed by atoms with Gasteiger partial charge in [0.25, 0.3) is 0 Å². The summed E-state index contributed by atoms with van der Waals surface area (Å²) in [6, 6.07) is 0.555. The molecule has 0 atom stereocenters. The zero-order valence-corrected chi connectivity index (χ0v) is 9.42. The van der Waals surface area contributed by atoms with Gasteiger partial charge in [-0.25, -0.2) is 0 Å². The van der Waals surface area contributed by atoms with E-state index in [0.29, 0.717) is 12.1 Å². The molecule has 0 aliphatic carbocycles. The van der Waals surface area contributed by atoms with Crippen LogP contribution in [0.1, 0.15) is 27.7 Å². The molecule has 0 aliphatic rings. The first-order chi connectivity index (χ1) is 6.07. The van der Waals surface area contributed by atoms with Gasteiger partial charge in [0.05, 0.1) is 12.7 Å². The van der Waals surface area contributed by atoms with Crippen LogP contribution in [-0.4, -0.2) is 43.3 Å². The minimum absolute atomic E-state index is 0.326. The quantitative estimate of drug-likeness (QED) is 0.650. The molecule has 0 unspecified atom stereocenters. The highest BCUT2D eigenvalue weighted by molar-refractivity contribution is 4.62. The highest BCUT2D eigenvalue weighted by Crippen LogP contribution is 1.97. The fraction of sp³-hybridized carbons (Fsp3) is 1.00. The van der Waals surface area contributed by atoms with Crippen LogP contribution in [0.15, 0.2) is 0 Å². The van der Waals surface area contributed by atoms with Gasteiger partial charge in [-0.2, -0.15) is 0 Å². The average molecular weight is 188 g/mol. The van der Waals surface area contributed by atoms with Gasteiger partial charge in [-0.1, -0.05) is 0 Å². The Labute approximate surface area is 82.2 Å². The molecule has 0 aliphatic heterocycles. The molecule has 13 heavy (non-hydrogen) atoms. The predicted molar refractivity (Wildman–Crippen MR) is 56.9 cm³/mol. The van der Waals surface area contributed by atoms with Crippen molar-refractivity contribution in [1.29, 1.82) is 0 Å². The van der Waals surface area contributed by atoms with E-state index >= 15 is 0 Å². The fourth-order valence-corrected chi connectivity index (χ4v) is 1.20. The molecular formula is C10H24N2O. The lowest BCUT2D eigenvalue weighted by molar-refractivity contribution is 0.0531. The number of rotatable bonds is 7. The van der Waals surface area contributed by atoms with Crippen molar-refractivity contribution >= 4 is 0 Å². The van der Waals surface area contributed by atoms with E-state index in [1.165, 1.54) is 0 Å². The zero-order valence-electron chi connectivity index (χ0n) is 9.42. The summed E-state index contributed by atoms with van der Waals surface area (Å²) in [6.07, 6.45) is 0.326. The molecule has 0 aromatic carbocycles. The summed E-state index contributed by atoms with van der Waals surface area (Å²) in [5, 5.41) is 0. The Balaban J connectivity index is 3.57. The SMILES string of the molecule is CC(C)OCCN(CCN)C(C)C. The summed E-state index contributed by atoms with van der Waals surface area (Å²) >= 11 is 0. The maximum atomic E-state index is 5.52. The van der Waals surface area contributed by atoms with Crippen molar-refractivity contribution < 1.29 is 4.74 Å². The van der Waals surface area contributed by atoms with Gasteiger partial charge in [-0.3, -0.25) is 4.90 Å². The van der Waals surface area contributed by atoms with Crippen LogP contribution in [0, 0.1) is 0 Å². The van der Waals surface area contributed by atoms with Gasteiger partial charge in [0.15, 0.2) is 0 Å². The molecule has 0 spiro atoms. The summed E-state index contributed by atoms with van der Waals surface area (Å²) in [5.41, 5.74) is 5.52. The van der Waals surface area contributed by atoms with Crippen LogP contribution in [0.4, 0.5) is 0 Å². The molecule has 0 bridgehead atoms. The summed E-state index contributed by atoms with van der Waals surface area (Å²) < 4.78 is 5.49. The van der Waals surface area contributed by atoms with E-state index in [4.69, 9.17) is 10.5 Å². The number of hydrogen-bond acceptors (Lipinski definition) is 3. The summed E-state index contributed by atoms with van der Waals surface area (Å²) in [6.45, 7) is 11.9. The second kappa shape index (κ2) is 7.30. The lowest BCUT2D eigenvalue weighted by Gasteiger charge is -2.25. The minimum Gasteiger partial charge on any atom is -0.377 e. The first-order valence-electron chi connectivity index (χ1n) is 5.13. The van der Waals surface area contributed by atoms with E-state index in [-0.39, 0.29) is 0 Å². The van der Waals surface area contributed by atoms with Gasteiger partial charge in [0, 0.05) is 25.7 Å². The van der Waals surface area contributed by atoms with E-state index in [1.807, 2.05) is 0 Å². The standard InChI is InChI=1S/C10H24N2O/c1-9(2)12(6-5-11)7-8-13-10(3)4/h9-10H,5-8,11H2,1-4H3. The van der Waals surface area contributed by atoms with Gasteiger partial charge < -0.3 is 10.5 Å². The van der Waals surface area contributed by atoms with Gasteiger partial charge in [0.2, 0.25) is 0 Å². The van der Waals surface area contributed by atoms with E-state index in [0.717, 1.165) is 26.2 Å². The molecule has 0 aromatic rings. The van der Waals surface area contributed by atoms with Crippen molar-refractivity contribution in [3.8, 4) is 0 Å². The molecule has 0 radical (unpaired) electrons. The molecule has 0 fully saturated rings. The minimum atomic E-state index is 0.326. The van der Waals surface area contributed by atoms with Crippen molar-refractivity contribution in [2.45, 2.75) is 39.8 Å². The van der Waals surface area contributed by atoms with Crippen LogP contribution in [0.25, 0.3) is 0 Å². The molecule has 80 valence electrons. The fourth-order valence-electron chi connectivity index (χ4n) is 1.20. The molecule has 3 heteroatoms. The van der Waals surface area contributed by atoms with Crippen LogP contribution >= 0.6 is 0 Å². The Morgan fingerprint density at radius 1 is 1.15 bits per heavy atom. The van der Waals surface area contributed by atoms with Crippen LogP contribution in [0.3, 0.4) is 0 Å². The van der Waals surface area contributed by atoms with Gasteiger partial charge >= 0.3 is 0 Å². The number of hydrogen-bond donors (Lipinski definition) is 1. The average Bonchev–Trinajstić information content (AvgIpc) is 2.02. The smallest absolute Gasteiger partial charge is 0.0597 e. The van der Waals surface area contributed by atoms with Gasteiger partial charge in [0.1, 0.15) is 0 Å². The highest BCUT2D eigenvalue weighted by atomic mass is 16.5. The molecule has 0 saturated heterocycles. The Morgan fingerprint density at radius 3 is 2.15 bits per heavy atom. The number of ether oxygens (including phenoxy) is 1. The van der Waals surface area contributed by atoms with Crippen molar-refractivity contribution in [3.63, 3.8) is 0 Å². The third-order valence-corrected chi connectivity index (χ3v) is 1.98. The maximum Gasteiger partial charge on any atom is 0.0597 e. The Kier molecular flexibility index (Phi) is 7.23. The molecule has 3 nitrogen and oxygen atoms in total. The van der Waals surface area contributed by atoms with Crippen LogP contribution < -0.4 is 5.73 Å². The van der Waals surface area contributed by atoms with E-state index in [9.17, 15) is 0 Å². The van der Waals surface area contributed by atoms with Gasteiger partial charge in [-0.05, 0) is 27.7 Å². The summed E-state index contributed by atoms with van der Waals surface area (Å²) in [4.78, 5) is 2.34. The molecule has 0 aromatic heterocycles. The van der Waals surface area contributed by atoms with Crippen molar-refractivity contribution in [1.82, 2.24) is 4.90 Å². The lowest BCUT2D eigenvalue weighted by Crippen LogP contribution is -2.38. The first kappa shape index (κ1) is 12.9. The van der Waals surface area contributed by atoms with Crippen molar-refractivity contribution in [2.24, 2.45) is 5.73 Å². The normalized spacial score (nSPS) is 12.0. The topological polar surface area (TPSA) is 38.5 Å². The molecule has 0 amide bonds. The Bertz CT molecular complexity index is 115. The van der Waals surface area contributed by atoms with Gasteiger partial charge in [-0.15, -0.1) is 0 Å². The third kappa shape index (κ3) is 6.99. The maximum absolute atomic E-state index is 5.52. The Hall–Kier alpha value is -0.120. The first-order valence-corrected chi connectivity index (χ1v) is 5.13. The zero-order chi connectivity index (χ0) is 10.3. The monoisotopic (exact) mass is 188 g/mol. The van der Waals surface area contributed by atoms with Crippen molar-refractivity contribution in [2.75, 3.05) is 26.2 Å². The Morgan fingerprint density at radius 2 is 1.77 bits per heavy atom. The van der Waals surface area contributed by atoms with Crippen molar-refractivity contribution in [3.05, 3.63) is 0 Å². The summed E-state index contributed by atoms with van der Waals surface area (Å²) in [5.74, 6) is 0. The second-order valence-corrected chi connectivity index (χ2v) is 3.84. The van der Waals surface area contributed by atoms with Crippen LogP contribution in [0.5, 0.6) is 0 Å². The highest BCUT2D eigenvalue weighted by Gasteiger charge is 2.07. The molecule has 2 N–H and O–H groups in total. The summed E-state index contributed by atoms with van der Waals surface area (Å²) in [7, 11) is 0. The largest absolute Gasteiger partial charge is 0.377 e. The van der Waals surface area contributed by atoms with Crippen LogP contribution in [-0.2, 0) is 4.74 Å². The lowest BCUT2D eigenvalue weighted by atomic mass is 10.3. The number of nitrogens with zero attached hydrogens (tertiary/aromatic N) is 1. The second-order valence-electron chi connectivity index (χ2n) is 3.84. The molecule has 0 rings (SSSR count). The van der Waals surface area contributed by atoms with E-state index in [2.05, 4.69) is 32.6 Å². The van der Waals surface area contributed by atoms with Crippen LogP contribution in [0.2, 0.25) is 0 Å². The van der Waals surface area contributed by atoms with E-state index < -0.39 is 0 Å². The molecule has 0 heterocycles. The third-order valence-electron chi connectivity index (χ3n) is 1.98. The predicted octanol–water partition coefficient (Wildman–Crippen LogP) is 1.08. The number of nitrogens with two attached hydrogens (primary N) is 1. The molecular weight excluding hydrogens is 164 g/mol.